The van der Waals surface area contributed by atoms with E-state index in [0.717, 1.165) is 25.6 Å². The predicted molar refractivity (Wildman–Crippen MR) is 90.6 cm³/mol. The molecule has 3 nitrogen and oxygen atoms in total. The molecule has 0 fully saturated rings. The summed E-state index contributed by atoms with van der Waals surface area (Å²) in [6, 6.07) is 10.9. The van der Waals surface area contributed by atoms with E-state index in [2.05, 4.69) is 31.9 Å². The first-order valence-electron chi connectivity index (χ1n) is 6.20. The third-order valence-corrected chi connectivity index (χ3v) is 3.88. The van der Waals surface area contributed by atoms with E-state index in [9.17, 15) is 4.79 Å². The number of rotatable bonds is 2. The maximum atomic E-state index is 10.5. The first kappa shape index (κ1) is 17.9. The first-order chi connectivity index (χ1) is 9.85. The molecule has 0 saturated carbocycles. The van der Waals surface area contributed by atoms with Crippen molar-refractivity contribution in [3.63, 3.8) is 0 Å². The summed E-state index contributed by atoms with van der Waals surface area (Å²) in [5.74, 6) is -0.880. The van der Waals surface area contributed by atoms with E-state index in [4.69, 9.17) is 10.2 Å². The van der Waals surface area contributed by atoms with Crippen LogP contribution in [0.25, 0.3) is 0 Å². The van der Waals surface area contributed by atoms with Gasteiger partial charge < -0.3 is 10.2 Å². The van der Waals surface area contributed by atoms with Crippen molar-refractivity contribution >= 4 is 37.8 Å². The van der Waals surface area contributed by atoms with Crippen molar-refractivity contribution in [2.75, 3.05) is 0 Å². The van der Waals surface area contributed by atoms with Crippen molar-refractivity contribution in [2.24, 2.45) is 0 Å². The van der Waals surface area contributed by atoms with Crippen LogP contribution in [0, 0.1) is 13.8 Å². The maximum absolute atomic E-state index is 10.5. The van der Waals surface area contributed by atoms with Gasteiger partial charge in [0.25, 0.3) is 0 Å². The van der Waals surface area contributed by atoms with Crippen LogP contribution < -0.4 is 0 Å². The highest BCUT2D eigenvalue weighted by Gasteiger charge is 2.05. The molecule has 112 valence electrons. The number of halogens is 2. The van der Waals surface area contributed by atoms with Gasteiger partial charge in [0, 0.05) is 8.95 Å². The minimum absolute atomic E-state index is 0.124. The second-order valence-corrected chi connectivity index (χ2v) is 6.32. The van der Waals surface area contributed by atoms with Crippen LogP contribution in [0.4, 0.5) is 0 Å². The van der Waals surface area contributed by atoms with Gasteiger partial charge >= 0.3 is 5.97 Å². The molecule has 0 heterocycles. The molecular weight excluding hydrogens is 400 g/mol. The van der Waals surface area contributed by atoms with E-state index in [1.807, 2.05) is 25.1 Å². The Bertz CT molecular complexity index is 639. The van der Waals surface area contributed by atoms with Gasteiger partial charge in [-0.15, -0.1) is 0 Å². The fraction of sp³-hybridized carbons (Fsp3) is 0.188. The summed E-state index contributed by atoms with van der Waals surface area (Å²) >= 11 is 6.60. The summed E-state index contributed by atoms with van der Waals surface area (Å²) in [5.41, 5.74) is 3.24. The molecule has 0 aromatic heterocycles. The summed E-state index contributed by atoms with van der Waals surface area (Å²) in [6.07, 6.45) is 0. The number of hydrogen-bond donors (Lipinski definition) is 2. The number of aromatic carboxylic acids is 1. The van der Waals surface area contributed by atoms with Crippen molar-refractivity contribution in [3.8, 4) is 0 Å². The highest BCUT2D eigenvalue weighted by molar-refractivity contribution is 9.10. The van der Waals surface area contributed by atoms with Gasteiger partial charge in [-0.1, -0.05) is 37.9 Å². The Balaban J connectivity index is 0.000000211. The molecule has 0 unspecified atom stereocenters. The molecule has 0 bridgehead atoms. The zero-order valence-electron chi connectivity index (χ0n) is 11.7. The van der Waals surface area contributed by atoms with Crippen molar-refractivity contribution in [1.29, 1.82) is 0 Å². The minimum atomic E-state index is -0.880. The molecule has 0 aliphatic heterocycles. The summed E-state index contributed by atoms with van der Waals surface area (Å²) in [6.45, 7) is 3.88. The van der Waals surface area contributed by atoms with Crippen molar-refractivity contribution in [2.45, 2.75) is 20.5 Å². The van der Waals surface area contributed by atoms with Gasteiger partial charge in [-0.25, -0.2) is 4.79 Å². The van der Waals surface area contributed by atoms with E-state index >= 15 is 0 Å². The lowest BCUT2D eigenvalue weighted by Gasteiger charge is -2.00. The SMILES string of the molecule is Cc1cc(Br)ccc1C(=O)O.Cc1cc(Br)ccc1CO. The number of aryl methyl sites for hydroxylation is 2. The van der Waals surface area contributed by atoms with E-state index < -0.39 is 5.97 Å². The molecule has 0 aliphatic carbocycles. The Kier molecular flexibility index (Phi) is 7.08. The molecule has 0 saturated heterocycles. The first-order valence-corrected chi connectivity index (χ1v) is 7.79. The largest absolute Gasteiger partial charge is 0.478 e. The number of carbonyl (C=O) groups is 1. The second kappa shape index (κ2) is 8.32. The zero-order valence-corrected chi connectivity index (χ0v) is 14.9. The fourth-order valence-electron chi connectivity index (χ4n) is 1.70. The van der Waals surface area contributed by atoms with Crippen molar-refractivity contribution in [3.05, 3.63) is 67.6 Å². The average Bonchev–Trinajstić information content (AvgIpc) is 2.39. The highest BCUT2D eigenvalue weighted by atomic mass is 79.9. The number of hydrogen-bond acceptors (Lipinski definition) is 2. The molecule has 2 aromatic carbocycles. The van der Waals surface area contributed by atoms with Crippen LogP contribution in [0.5, 0.6) is 0 Å². The normalized spacial score (nSPS) is 9.76. The number of carboxylic acid groups (broad SMARTS) is 1. The smallest absolute Gasteiger partial charge is 0.335 e. The van der Waals surface area contributed by atoms with Crippen LogP contribution in [-0.2, 0) is 6.61 Å². The Hall–Kier alpha value is -1.17. The number of aliphatic hydroxyl groups excluding tert-OH is 1. The molecule has 0 amide bonds. The van der Waals surface area contributed by atoms with Crippen LogP contribution in [0.3, 0.4) is 0 Å². The molecule has 0 atom stereocenters. The lowest BCUT2D eigenvalue weighted by atomic mass is 10.1. The molecule has 0 aliphatic rings. The highest BCUT2D eigenvalue weighted by Crippen LogP contribution is 2.16. The van der Waals surface area contributed by atoms with E-state index in [-0.39, 0.29) is 6.61 Å². The van der Waals surface area contributed by atoms with Crippen LogP contribution >= 0.6 is 31.9 Å². The maximum Gasteiger partial charge on any atom is 0.335 e. The van der Waals surface area contributed by atoms with Gasteiger partial charge in [0.15, 0.2) is 0 Å². The molecule has 2 aromatic rings. The monoisotopic (exact) mass is 414 g/mol. The topological polar surface area (TPSA) is 57.5 Å². The van der Waals surface area contributed by atoms with Crippen LogP contribution in [0.2, 0.25) is 0 Å². The van der Waals surface area contributed by atoms with Gasteiger partial charge in [0.05, 0.1) is 12.2 Å². The zero-order chi connectivity index (χ0) is 16.0. The number of benzene rings is 2. The third kappa shape index (κ3) is 5.61. The van der Waals surface area contributed by atoms with Crippen molar-refractivity contribution < 1.29 is 15.0 Å². The molecule has 0 spiro atoms. The summed E-state index contributed by atoms with van der Waals surface area (Å²) in [4.78, 5) is 10.5. The Morgan fingerprint density at radius 3 is 1.95 bits per heavy atom. The summed E-state index contributed by atoms with van der Waals surface area (Å²) in [5, 5.41) is 17.4. The molecule has 5 heteroatoms. The van der Waals surface area contributed by atoms with Crippen LogP contribution in [0.15, 0.2) is 45.3 Å². The molecular formula is C16H16Br2O3. The summed E-state index contributed by atoms with van der Waals surface area (Å²) in [7, 11) is 0. The standard InChI is InChI=1S/C8H7BrO2.C8H9BrO/c1-5-4-6(9)2-3-7(5)8(10)11;1-6-4-8(9)3-2-7(6)5-10/h2-4H,1H3,(H,10,11);2-4,10H,5H2,1H3. The molecule has 0 radical (unpaired) electrons. The molecule has 21 heavy (non-hydrogen) atoms. The van der Waals surface area contributed by atoms with Gasteiger partial charge in [-0.05, 0) is 60.9 Å². The van der Waals surface area contributed by atoms with E-state index in [0.29, 0.717) is 5.56 Å². The van der Waals surface area contributed by atoms with Gasteiger partial charge in [0.1, 0.15) is 0 Å². The van der Waals surface area contributed by atoms with Gasteiger partial charge in [-0.3, -0.25) is 0 Å². The minimum Gasteiger partial charge on any atom is -0.478 e. The Morgan fingerprint density at radius 2 is 1.52 bits per heavy atom. The van der Waals surface area contributed by atoms with Gasteiger partial charge in [-0.2, -0.15) is 0 Å². The van der Waals surface area contributed by atoms with Gasteiger partial charge in [0.2, 0.25) is 0 Å². The average molecular weight is 416 g/mol. The Morgan fingerprint density at radius 1 is 1.00 bits per heavy atom. The predicted octanol–water partition coefficient (Wildman–Crippen LogP) is 4.71. The lowest BCUT2D eigenvalue weighted by molar-refractivity contribution is 0.0696. The van der Waals surface area contributed by atoms with Crippen LogP contribution in [0.1, 0.15) is 27.0 Å². The second-order valence-electron chi connectivity index (χ2n) is 4.49. The van der Waals surface area contributed by atoms with E-state index in [1.54, 1.807) is 25.1 Å². The lowest BCUT2D eigenvalue weighted by Crippen LogP contribution is -1.98. The van der Waals surface area contributed by atoms with E-state index in [1.165, 1.54) is 0 Å². The fourth-order valence-corrected chi connectivity index (χ4v) is 2.65. The molecule has 2 N–H and O–H groups in total. The number of aliphatic hydroxyl groups is 1. The third-order valence-electron chi connectivity index (χ3n) is 2.89. The summed E-state index contributed by atoms with van der Waals surface area (Å²) < 4.78 is 1.96. The molecule has 2 rings (SSSR count). The Labute approximate surface area is 140 Å². The van der Waals surface area contributed by atoms with Crippen molar-refractivity contribution in [1.82, 2.24) is 0 Å². The number of carboxylic acids is 1. The quantitative estimate of drug-likeness (QED) is 0.746. The van der Waals surface area contributed by atoms with Crippen LogP contribution in [-0.4, -0.2) is 16.2 Å².